The van der Waals surface area contributed by atoms with Crippen molar-refractivity contribution < 1.29 is 0 Å². The van der Waals surface area contributed by atoms with E-state index >= 15 is 0 Å². The maximum absolute atomic E-state index is 5.85. The number of anilines is 1. The summed E-state index contributed by atoms with van der Waals surface area (Å²) < 4.78 is 0. The second-order valence-corrected chi connectivity index (χ2v) is 2.89. The highest BCUT2D eigenvalue weighted by Gasteiger charge is 2.06. The van der Waals surface area contributed by atoms with Crippen LogP contribution in [0.4, 0.5) is 5.69 Å². The molecule has 4 heteroatoms. The summed E-state index contributed by atoms with van der Waals surface area (Å²) >= 11 is 11.5. The van der Waals surface area contributed by atoms with Gasteiger partial charge >= 0.3 is 0 Å². The number of halogens is 2. The van der Waals surface area contributed by atoms with Gasteiger partial charge < -0.3 is 5.73 Å². The van der Waals surface area contributed by atoms with Crippen molar-refractivity contribution in [2.75, 3.05) is 5.73 Å². The van der Waals surface area contributed by atoms with Crippen LogP contribution in [0, 0.1) is 0 Å². The molecule has 0 unspecified atom stereocenters. The minimum absolute atomic E-state index is 0.271. The highest BCUT2D eigenvalue weighted by molar-refractivity contribution is 6.38. The fraction of sp³-hybridized carbons (Fsp3) is 0.286. The quantitative estimate of drug-likeness (QED) is 0.692. The fourth-order valence-corrected chi connectivity index (χ4v) is 1.23. The molecule has 0 aliphatic heterocycles. The van der Waals surface area contributed by atoms with Gasteiger partial charge in [0.25, 0.3) is 0 Å². The van der Waals surface area contributed by atoms with Crippen LogP contribution >= 0.6 is 23.2 Å². The minimum atomic E-state index is 0.271. The molecule has 2 nitrogen and oxygen atoms in total. The molecule has 0 saturated heterocycles. The average Bonchev–Trinajstić information content (AvgIpc) is 2.01. The number of aromatic nitrogens is 1. The van der Waals surface area contributed by atoms with Gasteiger partial charge in [0.1, 0.15) is 0 Å². The third-order valence-electron chi connectivity index (χ3n) is 1.46. The monoisotopic (exact) mass is 190 g/mol. The summed E-state index contributed by atoms with van der Waals surface area (Å²) in [6, 6.07) is 0. The Hall–Kier alpha value is -0.470. The lowest BCUT2D eigenvalue weighted by atomic mass is 10.2. The summed E-state index contributed by atoms with van der Waals surface area (Å²) in [7, 11) is 0. The Morgan fingerprint density at radius 1 is 1.55 bits per heavy atom. The lowest BCUT2D eigenvalue weighted by molar-refractivity contribution is 1.11. The van der Waals surface area contributed by atoms with Gasteiger partial charge in [0, 0.05) is 6.20 Å². The van der Waals surface area contributed by atoms with Gasteiger partial charge in [0.05, 0.1) is 10.7 Å². The summed E-state index contributed by atoms with van der Waals surface area (Å²) in [5.74, 6) is 0. The largest absolute Gasteiger partial charge is 0.395 e. The second kappa shape index (κ2) is 3.28. The third-order valence-corrected chi connectivity index (χ3v) is 2.20. The molecule has 60 valence electrons. The first kappa shape index (κ1) is 8.62. The first-order valence-corrected chi connectivity index (χ1v) is 4.00. The van der Waals surface area contributed by atoms with E-state index in [9.17, 15) is 0 Å². The van der Waals surface area contributed by atoms with Crippen molar-refractivity contribution in [3.63, 3.8) is 0 Å². The minimum Gasteiger partial charge on any atom is -0.395 e. The van der Waals surface area contributed by atoms with Gasteiger partial charge in [-0.3, -0.25) is 0 Å². The van der Waals surface area contributed by atoms with Gasteiger partial charge in [-0.1, -0.05) is 30.1 Å². The maximum Gasteiger partial charge on any atom is 0.153 e. The Kier molecular flexibility index (Phi) is 2.58. The number of nitrogens with zero attached hydrogens (tertiary/aromatic N) is 1. The van der Waals surface area contributed by atoms with E-state index in [-0.39, 0.29) is 5.15 Å². The topological polar surface area (TPSA) is 38.9 Å². The van der Waals surface area contributed by atoms with Crippen molar-refractivity contribution in [3.05, 3.63) is 21.9 Å². The van der Waals surface area contributed by atoms with E-state index in [2.05, 4.69) is 4.98 Å². The summed E-state index contributed by atoms with van der Waals surface area (Å²) in [5, 5.41) is 0.791. The molecule has 1 aromatic rings. The van der Waals surface area contributed by atoms with E-state index in [4.69, 9.17) is 28.9 Å². The number of rotatable bonds is 1. The lowest BCUT2D eigenvalue weighted by Crippen LogP contribution is -1.94. The van der Waals surface area contributed by atoms with Crippen LogP contribution in [0.15, 0.2) is 6.20 Å². The van der Waals surface area contributed by atoms with Crippen LogP contribution in [0.5, 0.6) is 0 Å². The predicted octanol–water partition coefficient (Wildman–Crippen LogP) is 2.53. The SMILES string of the molecule is CCc1cnc(Cl)c(N)c1Cl. The number of hydrogen-bond acceptors (Lipinski definition) is 2. The van der Waals surface area contributed by atoms with E-state index in [1.807, 2.05) is 6.92 Å². The van der Waals surface area contributed by atoms with E-state index in [0.717, 1.165) is 12.0 Å². The van der Waals surface area contributed by atoms with Gasteiger partial charge in [0.2, 0.25) is 0 Å². The molecular formula is C7H8Cl2N2. The number of nitrogens with two attached hydrogens (primary N) is 1. The van der Waals surface area contributed by atoms with Gasteiger partial charge in [-0.25, -0.2) is 4.98 Å². The Bertz CT molecular complexity index is 273. The summed E-state index contributed by atoms with van der Waals surface area (Å²) in [5.41, 5.74) is 6.82. The standard InChI is InChI=1S/C7H8Cl2N2/c1-2-4-3-11-7(9)6(10)5(4)8/h3H,2,10H2,1H3. The molecule has 0 aliphatic carbocycles. The van der Waals surface area contributed by atoms with Gasteiger partial charge in [-0.2, -0.15) is 0 Å². The van der Waals surface area contributed by atoms with Crippen LogP contribution in [0.3, 0.4) is 0 Å². The third kappa shape index (κ3) is 1.57. The molecule has 0 amide bonds. The van der Waals surface area contributed by atoms with Crippen molar-refractivity contribution in [2.24, 2.45) is 0 Å². The molecule has 11 heavy (non-hydrogen) atoms. The molecule has 0 saturated carbocycles. The normalized spacial score (nSPS) is 10.1. The molecule has 0 aliphatic rings. The molecule has 1 heterocycles. The molecule has 0 spiro atoms. The van der Waals surface area contributed by atoms with Crippen LogP contribution in [0.25, 0.3) is 0 Å². The van der Waals surface area contributed by atoms with Crippen LogP contribution < -0.4 is 5.73 Å². The van der Waals surface area contributed by atoms with Crippen molar-refractivity contribution in [1.29, 1.82) is 0 Å². The fourth-order valence-electron chi connectivity index (χ4n) is 0.771. The Morgan fingerprint density at radius 2 is 2.18 bits per heavy atom. The van der Waals surface area contributed by atoms with E-state index in [0.29, 0.717) is 10.7 Å². The summed E-state index contributed by atoms with van der Waals surface area (Å²) in [6.07, 6.45) is 2.45. The zero-order chi connectivity index (χ0) is 8.43. The van der Waals surface area contributed by atoms with Gasteiger partial charge in [-0.15, -0.1) is 0 Å². The highest BCUT2D eigenvalue weighted by atomic mass is 35.5. The summed E-state index contributed by atoms with van der Waals surface area (Å²) in [6.45, 7) is 1.98. The molecule has 0 bridgehead atoms. The second-order valence-electron chi connectivity index (χ2n) is 2.16. The molecule has 0 radical (unpaired) electrons. The van der Waals surface area contributed by atoms with Crippen molar-refractivity contribution in [3.8, 4) is 0 Å². The van der Waals surface area contributed by atoms with E-state index in [1.165, 1.54) is 0 Å². The molecule has 1 rings (SSSR count). The van der Waals surface area contributed by atoms with Crippen LogP contribution in [-0.2, 0) is 6.42 Å². The smallest absolute Gasteiger partial charge is 0.153 e. The molecular weight excluding hydrogens is 183 g/mol. The highest BCUT2D eigenvalue weighted by Crippen LogP contribution is 2.28. The Labute approximate surface area is 75.3 Å². The first-order chi connectivity index (χ1) is 5.16. The molecule has 0 atom stereocenters. The van der Waals surface area contributed by atoms with E-state index in [1.54, 1.807) is 6.20 Å². The van der Waals surface area contributed by atoms with Gasteiger partial charge in [-0.05, 0) is 12.0 Å². The number of pyridine rings is 1. The zero-order valence-corrected chi connectivity index (χ0v) is 7.58. The maximum atomic E-state index is 5.85. The van der Waals surface area contributed by atoms with Crippen molar-refractivity contribution in [1.82, 2.24) is 4.98 Å². The summed E-state index contributed by atoms with van der Waals surface area (Å²) in [4.78, 5) is 3.87. The number of nitrogen functional groups attached to an aromatic ring is 1. The lowest BCUT2D eigenvalue weighted by Gasteiger charge is -2.03. The molecule has 2 N–H and O–H groups in total. The number of hydrogen-bond donors (Lipinski definition) is 1. The van der Waals surface area contributed by atoms with Crippen LogP contribution in [-0.4, -0.2) is 4.98 Å². The average molecular weight is 191 g/mol. The number of aryl methyl sites for hydroxylation is 1. The van der Waals surface area contributed by atoms with Crippen molar-refractivity contribution in [2.45, 2.75) is 13.3 Å². The zero-order valence-electron chi connectivity index (χ0n) is 6.06. The van der Waals surface area contributed by atoms with E-state index < -0.39 is 0 Å². The van der Waals surface area contributed by atoms with Crippen LogP contribution in [0.2, 0.25) is 10.2 Å². The first-order valence-electron chi connectivity index (χ1n) is 3.25. The van der Waals surface area contributed by atoms with Crippen molar-refractivity contribution >= 4 is 28.9 Å². The Balaban J connectivity index is 3.25. The molecule has 1 aromatic heterocycles. The van der Waals surface area contributed by atoms with Gasteiger partial charge in [0.15, 0.2) is 5.15 Å². The molecule has 0 aromatic carbocycles. The predicted molar refractivity (Wildman–Crippen MR) is 48.0 cm³/mol. The van der Waals surface area contributed by atoms with Crippen LogP contribution in [0.1, 0.15) is 12.5 Å². The molecule has 0 fully saturated rings. The Morgan fingerprint density at radius 3 is 2.73 bits per heavy atom.